The van der Waals surface area contributed by atoms with Crippen molar-refractivity contribution >= 4 is 56.8 Å². The number of hydrazone groups is 1. The van der Waals surface area contributed by atoms with E-state index in [2.05, 4.69) is 31.8 Å². The fraction of sp³-hybridized carbons (Fsp3) is 0. The van der Waals surface area contributed by atoms with Gasteiger partial charge in [0.15, 0.2) is 5.11 Å². The fourth-order valence-electron chi connectivity index (χ4n) is 1.51. The first kappa shape index (κ1) is 15.8. The number of nitrogens with zero attached hydrogens (tertiary/aromatic N) is 1. The average molecular weight is 385 g/mol. The number of anilines is 1. The van der Waals surface area contributed by atoms with E-state index in [9.17, 15) is 5.11 Å². The first-order chi connectivity index (χ1) is 10.0. The first-order valence-corrected chi connectivity index (χ1v) is 7.46. The molecule has 2 aromatic carbocycles. The van der Waals surface area contributed by atoms with E-state index in [4.69, 9.17) is 23.8 Å². The third kappa shape index (κ3) is 5.00. The number of phenols is 1. The molecule has 2 aromatic rings. The highest BCUT2D eigenvalue weighted by atomic mass is 79.9. The van der Waals surface area contributed by atoms with Crippen molar-refractivity contribution in [2.75, 3.05) is 5.32 Å². The van der Waals surface area contributed by atoms with Crippen molar-refractivity contribution in [1.82, 2.24) is 5.43 Å². The Bertz CT molecular complexity index is 694. The smallest absolute Gasteiger partial charge is 0.191 e. The molecule has 0 fully saturated rings. The number of halogens is 2. The van der Waals surface area contributed by atoms with Gasteiger partial charge in [-0.15, -0.1) is 0 Å². The number of hydrogen-bond donors (Lipinski definition) is 3. The van der Waals surface area contributed by atoms with E-state index < -0.39 is 0 Å². The Labute approximate surface area is 141 Å². The molecule has 21 heavy (non-hydrogen) atoms. The lowest BCUT2D eigenvalue weighted by Crippen LogP contribution is -2.23. The van der Waals surface area contributed by atoms with Crippen LogP contribution in [0, 0.1) is 0 Å². The van der Waals surface area contributed by atoms with Gasteiger partial charge in [0.25, 0.3) is 0 Å². The molecule has 108 valence electrons. The normalized spacial score (nSPS) is 10.6. The molecule has 0 radical (unpaired) electrons. The van der Waals surface area contributed by atoms with Crippen LogP contribution in [0.5, 0.6) is 5.75 Å². The van der Waals surface area contributed by atoms with Crippen molar-refractivity contribution in [2.24, 2.45) is 5.10 Å². The summed E-state index contributed by atoms with van der Waals surface area (Å²) in [5, 5.41) is 17.5. The standard InChI is InChI=1S/C14H11BrClN3OS/c15-10-4-5-13(20)9(6-10)8-17-19-14(21)18-12-3-1-2-11(16)7-12/h1-8,20H,(H2,18,19,21)/b17-8-. The van der Waals surface area contributed by atoms with Gasteiger partial charge in [0.2, 0.25) is 0 Å². The van der Waals surface area contributed by atoms with Gasteiger partial charge in [-0.2, -0.15) is 5.10 Å². The zero-order chi connectivity index (χ0) is 15.2. The summed E-state index contributed by atoms with van der Waals surface area (Å²) in [6, 6.07) is 12.2. The Morgan fingerprint density at radius 2 is 2.10 bits per heavy atom. The van der Waals surface area contributed by atoms with E-state index in [1.807, 2.05) is 12.1 Å². The molecule has 0 bridgehead atoms. The number of benzene rings is 2. The number of rotatable bonds is 3. The summed E-state index contributed by atoms with van der Waals surface area (Å²) in [4.78, 5) is 0. The van der Waals surface area contributed by atoms with Gasteiger partial charge in [0, 0.05) is 20.7 Å². The second-order valence-corrected chi connectivity index (χ2v) is 5.80. The zero-order valence-electron chi connectivity index (χ0n) is 10.7. The van der Waals surface area contributed by atoms with Gasteiger partial charge >= 0.3 is 0 Å². The third-order valence-corrected chi connectivity index (χ3v) is 3.36. The largest absolute Gasteiger partial charge is 0.507 e. The summed E-state index contributed by atoms with van der Waals surface area (Å²) in [6.07, 6.45) is 1.48. The lowest BCUT2D eigenvalue weighted by Gasteiger charge is -2.07. The summed E-state index contributed by atoms with van der Waals surface area (Å²) in [7, 11) is 0. The van der Waals surface area contributed by atoms with Crippen LogP contribution in [0.2, 0.25) is 5.02 Å². The van der Waals surface area contributed by atoms with Gasteiger partial charge in [0.1, 0.15) is 5.75 Å². The van der Waals surface area contributed by atoms with Gasteiger partial charge in [-0.1, -0.05) is 33.6 Å². The zero-order valence-corrected chi connectivity index (χ0v) is 13.8. The Kier molecular flexibility index (Phi) is 5.55. The van der Waals surface area contributed by atoms with Gasteiger partial charge in [-0.3, -0.25) is 5.43 Å². The Morgan fingerprint density at radius 3 is 2.86 bits per heavy atom. The molecule has 0 aliphatic rings. The van der Waals surface area contributed by atoms with Crippen LogP contribution in [0.25, 0.3) is 0 Å². The van der Waals surface area contributed by atoms with Crippen molar-refractivity contribution < 1.29 is 5.11 Å². The van der Waals surface area contributed by atoms with Crippen LogP contribution in [0.4, 0.5) is 5.69 Å². The van der Waals surface area contributed by atoms with Crippen molar-refractivity contribution in [2.45, 2.75) is 0 Å². The van der Waals surface area contributed by atoms with Crippen LogP contribution in [0.15, 0.2) is 52.0 Å². The predicted octanol–water partition coefficient (Wildman–Crippen LogP) is 4.13. The Hall–Kier alpha value is -1.63. The minimum atomic E-state index is 0.137. The van der Waals surface area contributed by atoms with E-state index in [0.717, 1.165) is 10.2 Å². The average Bonchev–Trinajstić information content (AvgIpc) is 2.42. The molecule has 0 aromatic heterocycles. The van der Waals surface area contributed by atoms with Crippen molar-refractivity contribution in [3.05, 3.63) is 57.5 Å². The van der Waals surface area contributed by atoms with Crippen LogP contribution < -0.4 is 10.7 Å². The molecule has 0 aliphatic heterocycles. The Morgan fingerprint density at radius 1 is 1.29 bits per heavy atom. The number of thiocarbonyl (C=S) groups is 1. The van der Waals surface area contributed by atoms with Crippen LogP contribution in [0.1, 0.15) is 5.56 Å². The van der Waals surface area contributed by atoms with E-state index >= 15 is 0 Å². The van der Waals surface area contributed by atoms with Crippen LogP contribution in [0.3, 0.4) is 0 Å². The molecular weight excluding hydrogens is 374 g/mol. The topological polar surface area (TPSA) is 56.7 Å². The van der Waals surface area contributed by atoms with E-state index in [-0.39, 0.29) is 5.75 Å². The van der Waals surface area contributed by atoms with E-state index in [0.29, 0.717) is 15.7 Å². The lowest BCUT2D eigenvalue weighted by molar-refractivity contribution is 0.474. The summed E-state index contributed by atoms with van der Waals surface area (Å²) < 4.78 is 0.848. The quantitative estimate of drug-likeness (QED) is 0.423. The number of nitrogens with one attached hydrogen (secondary N) is 2. The monoisotopic (exact) mass is 383 g/mol. The number of hydrogen-bond acceptors (Lipinski definition) is 3. The lowest BCUT2D eigenvalue weighted by atomic mass is 10.2. The molecule has 3 N–H and O–H groups in total. The third-order valence-electron chi connectivity index (χ3n) is 2.44. The molecule has 4 nitrogen and oxygen atoms in total. The van der Waals surface area contributed by atoms with Crippen LogP contribution >= 0.6 is 39.7 Å². The van der Waals surface area contributed by atoms with Crippen LogP contribution in [-0.2, 0) is 0 Å². The maximum atomic E-state index is 9.66. The minimum Gasteiger partial charge on any atom is -0.507 e. The van der Waals surface area contributed by atoms with Crippen molar-refractivity contribution in [1.29, 1.82) is 0 Å². The molecule has 2 rings (SSSR count). The molecule has 0 saturated carbocycles. The number of phenolic OH excluding ortho intramolecular Hbond substituents is 1. The first-order valence-electron chi connectivity index (χ1n) is 5.89. The van der Waals surface area contributed by atoms with Gasteiger partial charge in [-0.05, 0) is 48.6 Å². The summed E-state index contributed by atoms with van der Waals surface area (Å²) in [5.41, 5.74) is 4.00. The van der Waals surface area contributed by atoms with E-state index in [1.54, 1.807) is 30.3 Å². The molecule has 7 heteroatoms. The highest BCUT2D eigenvalue weighted by Gasteiger charge is 1.99. The second-order valence-electron chi connectivity index (χ2n) is 4.04. The highest BCUT2D eigenvalue weighted by Crippen LogP contribution is 2.20. The van der Waals surface area contributed by atoms with Crippen LogP contribution in [-0.4, -0.2) is 16.4 Å². The maximum Gasteiger partial charge on any atom is 0.191 e. The molecule has 0 spiro atoms. The van der Waals surface area contributed by atoms with Gasteiger partial charge < -0.3 is 10.4 Å². The highest BCUT2D eigenvalue weighted by molar-refractivity contribution is 9.10. The summed E-state index contributed by atoms with van der Waals surface area (Å²) >= 11 is 14.3. The Balaban J connectivity index is 1.94. The SMILES string of the molecule is Oc1ccc(Br)cc1/C=N\NC(=S)Nc1cccc(Cl)c1. The molecule has 0 aliphatic carbocycles. The van der Waals surface area contributed by atoms with Gasteiger partial charge in [0.05, 0.1) is 6.21 Å². The molecule has 0 amide bonds. The molecule has 0 heterocycles. The maximum absolute atomic E-state index is 9.66. The molecule has 0 atom stereocenters. The predicted molar refractivity (Wildman–Crippen MR) is 94.2 cm³/mol. The molecular formula is C14H11BrClN3OS. The molecule has 0 saturated heterocycles. The van der Waals surface area contributed by atoms with Gasteiger partial charge in [-0.25, -0.2) is 0 Å². The second kappa shape index (κ2) is 7.40. The van der Waals surface area contributed by atoms with E-state index in [1.165, 1.54) is 6.21 Å². The summed E-state index contributed by atoms with van der Waals surface area (Å²) in [6.45, 7) is 0. The number of aromatic hydroxyl groups is 1. The summed E-state index contributed by atoms with van der Waals surface area (Å²) in [5.74, 6) is 0.137. The van der Waals surface area contributed by atoms with Crippen molar-refractivity contribution in [3.63, 3.8) is 0 Å². The molecule has 0 unspecified atom stereocenters. The fourth-order valence-corrected chi connectivity index (χ4v) is 2.25. The van der Waals surface area contributed by atoms with Crippen molar-refractivity contribution in [3.8, 4) is 5.75 Å². The minimum absolute atomic E-state index is 0.137.